The number of imide groups is 1. The van der Waals surface area contributed by atoms with Crippen molar-refractivity contribution in [3.8, 4) is 11.1 Å². The summed E-state index contributed by atoms with van der Waals surface area (Å²) in [6.07, 6.45) is 6.04. The topological polar surface area (TPSA) is 185 Å². The van der Waals surface area contributed by atoms with Gasteiger partial charge in [0, 0.05) is 92.0 Å². The van der Waals surface area contributed by atoms with Crippen molar-refractivity contribution in [1.82, 2.24) is 29.7 Å². The van der Waals surface area contributed by atoms with Gasteiger partial charge in [-0.1, -0.05) is 18.2 Å². The minimum atomic E-state index is -1.19. The van der Waals surface area contributed by atoms with E-state index in [1.165, 1.54) is 17.0 Å². The van der Waals surface area contributed by atoms with Crippen LogP contribution in [-0.2, 0) is 38.7 Å². The number of nitrogens with one attached hydrogen (secondary N) is 3. The molecular formula is C50H50F2N10O6. The number of carbonyl (C=O) groups is 5. The molecule has 0 bridgehead atoms. The van der Waals surface area contributed by atoms with E-state index in [1.54, 1.807) is 53.8 Å². The van der Waals surface area contributed by atoms with Crippen molar-refractivity contribution in [2.45, 2.75) is 75.7 Å². The van der Waals surface area contributed by atoms with Crippen molar-refractivity contribution in [2.24, 2.45) is 5.41 Å². The average Bonchev–Trinajstić information content (AvgIpc) is 4.01. The zero-order valence-corrected chi connectivity index (χ0v) is 37.2. The Morgan fingerprint density at radius 2 is 1.66 bits per heavy atom. The standard InChI is InChI=1S/C50H50F2N10O6/c51-36-21-31(20-34-35(36)24-62(48(34)67)45(44-40-4-3-17-59(40)29-54-44)47(66)56-41-5-1-2-16-53-41)30-6-9-33(10-7-30)60-25-49(26-60)27-61(28-49)43(64)23-50(68)14-18-58(19-15-50)39-12-8-32(22-37(39)52)55-38-11-13-42(63)57-46(38)65/h1-2,5-10,12,16,20-22,29,38,45,55,68H,3-4,11,13-15,17-19,23-28H2,(H,53,56,66)(H,57,63,65). The van der Waals surface area contributed by atoms with Crippen LogP contribution in [0.15, 0.2) is 85.3 Å². The second kappa shape index (κ2) is 16.8. The molecule has 4 N–H and O–H groups in total. The van der Waals surface area contributed by atoms with Gasteiger partial charge in [-0.25, -0.2) is 18.7 Å². The molecule has 6 aliphatic rings. The third-order valence-electron chi connectivity index (χ3n) is 14.6. The largest absolute Gasteiger partial charge is 0.389 e. The van der Waals surface area contributed by atoms with Crippen molar-refractivity contribution in [2.75, 3.05) is 59.7 Å². The first kappa shape index (κ1) is 43.4. The Balaban J connectivity index is 0.677. The lowest BCUT2D eigenvalue weighted by Gasteiger charge is -2.61. The van der Waals surface area contributed by atoms with Crippen LogP contribution in [0, 0.1) is 17.0 Å². The van der Waals surface area contributed by atoms with Crippen LogP contribution in [0.3, 0.4) is 0 Å². The van der Waals surface area contributed by atoms with Crippen molar-refractivity contribution in [1.29, 1.82) is 0 Å². The fourth-order valence-corrected chi connectivity index (χ4v) is 10.9. The minimum absolute atomic E-state index is 0.000498. The van der Waals surface area contributed by atoms with E-state index in [-0.39, 0.29) is 47.7 Å². The summed E-state index contributed by atoms with van der Waals surface area (Å²) >= 11 is 0. The number of rotatable bonds is 11. The van der Waals surface area contributed by atoms with Crippen LogP contribution in [0.5, 0.6) is 0 Å². The summed E-state index contributed by atoms with van der Waals surface area (Å²) in [7, 11) is 0. The van der Waals surface area contributed by atoms with E-state index in [0.29, 0.717) is 73.9 Å². The number of aliphatic hydroxyl groups is 1. The Morgan fingerprint density at radius 3 is 2.40 bits per heavy atom. The van der Waals surface area contributed by atoms with Gasteiger partial charge in [0.05, 0.1) is 36.3 Å². The van der Waals surface area contributed by atoms with Crippen molar-refractivity contribution < 1.29 is 37.9 Å². The van der Waals surface area contributed by atoms with Gasteiger partial charge >= 0.3 is 0 Å². The normalized spacial score (nSPS) is 20.6. The number of piperidine rings is 2. The number of aryl methyl sites for hydroxylation is 1. The monoisotopic (exact) mass is 924 g/mol. The van der Waals surface area contributed by atoms with Gasteiger partial charge in [-0.15, -0.1) is 0 Å². The maximum Gasteiger partial charge on any atom is 0.255 e. The quantitative estimate of drug-likeness (QED) is 0.134. The predicted molar refractivity (Wildman–Crippen MR) is 246 cm³/mol. The molecule has 5 aromatic rings. The van der Waals surface area contributed by atoms with Crippen LogP contribution in [0.1, 0.15) is 71.9 Å². The first-order chi connectivity index (χ1) is 32.8. The first-order valence-corrected chi connectivity index (χ1v) is 23.2. The number of hydrogen-bond acceptors (Lipinski definition) is 11. The van der Waals surface area contributed by atoms with E-state index < -0.39 is 47.0 Å². The molecule has 4 fully saturated rings. The highest BCUT2D eigenvalue weighted by atomic mass is 19.1. The molecule has 2 atom stereocenters. The summed E-state index contributed by atoms with van der Waals surface area (Å²) in [5.41, 5.74) is 3.68. The predicted octanol–water partition coefficient (Wildman–Crippen LogP) is 4.79. The Kier molecular flexibility index (Phi) is 10.7. The number of likely N-dealkylation sites (tertiary alicyclic amines) is 1. The maximum absolute atomic E-state index is 16.0. The molecule has 68 heavy (non-hydrogen) atoms. The number of fused-ring (bicyclic) bond motifs is 2. The number of benzene rings is 3. The smallest absolute Gasteiger partial charge is 0.255 e. The summed E-state index contributed by atoms with van der Waals surface area (Å²) in [5.74, 6) is -2.43. The van der Waals surface area contributed by atoms with Gasteiger partial charge in [0.1, 0.15) is 23.5 Å². The summed E-state index contributed by atoms with van der Waals surface area (Å²) in [4.78, 5) is 81.2. The van der Waals surface area contributed by atoms with Gasteiger partial charge in [-0.2, -0.15) is 0 Å². The molecule has 4 saturated heterocycles. The average molecular weight is 925 g/mol. The third kappa shape index (κ3) is 7.99. The summed E-state index contributed by atoms with van der Waals surface area (Å²) in [6, 6.07) is 19.0. The minimum Gasteiger partial charge on any atom is -0.389 e. The molecule has 3 aromatic carbocycles. The van der Waals surface area contributed by atoms with E-state index in [0.717, 1.165) is 49.4 Å². The molecule has 16 nitrogen and oxygen atoms in total. The van der Waals surface area contributed by atoms with Crippen molar-refractivity contribution >= 4 is 52.4 Å². The zero-order chi connectivity index (χ0) is 46.9. The van der Waals surface area contributed by atoms with Crippen LogP contribution in [0.25, 0.3) is 11.1 Å². The molecule has 11 rings (SSSR count). The van der Waals surface area contributed by atoms with Gasteiger partial charge in [0.2, 0.25) is 17.7 Å². The molecule has 18 heteroatoms. The second-order valence-electron chi connectivity index (χ2n) is 19.3. The Labute approximate surface area is 390 Å². The summed E-state index contributed by atoms with van der Waals surface area (Å²) < 4.78 is 33.3. The van der Waals surface area contributed by atoms with Gasteiger partial charge in [-0.05, 0) is 97.8 Å². The number of imidazole rings is 1. The highest BCUT2D eigenvalue weighted by Crippen LogP contribution is 2.44. The molecule has 6 aliphatic heterocycles. The number of pyridine rings is 1. The van der Waals surface area contributed by atoms with E-state index in [4.69, 9.17) is 0 Å². The van der Waals surface area contributed by atoms with Gasteiger partial charge < -0.3 is 39.9 Å². The molecule has 8 heterocycles. The lowest BCUT2D eigenvalue weighted by Crippen LogP contribution is -2.73. The number of amides is 5. The number of halogens is 2. The fourth-order valence-electron chi connectivity index (χ4n) is 10.9. The van der Waals surface area contributed by atoms with Crippen molar-refractivity contribution in [3.63, 3.8) is 0 Å². The van der Waals surface area contributed by atoms with Crippen LogP contribution < -0.4 is 25.8 Å². The van der Waals surface area contributed by atoms with Crippen LogP contribution in [0.2, 0.25) is 0 Å². The number of hydrogen-bond donors (Lipinski definition) is 4. The second-order valence-corrected chi connectivity index (χ2v) is 19.3. The summed E-state index contributed by atoms with van der Waals surface area (Å²) in [5, 5.41) is 19.6. The van der Waals surface area contributed by atoms with Crippen LogP contribution >= 0.6 is 0 Å². The van der Waals surface area contributed by atoms with Gasteiger partial charge in [0.15, 0.2) is 6.04 Å². The highest BCUT2D eigenvalue weighted by molar-refractivity contribution is 6.04. The molecule has 5 amide bonds. The number of aromatic nitrogens is 3. The highest BCUT2D eigenvalue weighted by Gasteiger charge is 2.54. The Hall–Kier alpha value is -7.21. The number of anilines is 4. The Morgan fingerprint density at radius 1 is 0.868 bits per heavy atom. The lowest BCUT2D eigenvalue weighted by molar-refractivity contribution is -0.151. The lowest BCUT2D eigenvalue weighted by atomic mass is 9.72. The van der Waals surface area contributed by atoms with Crippen LogP contribution in [0.4, 0.5) is 31.7 Å². The zero-order valence-electron chi connectivity index (χ0n) is 37.2. The first-order valence-electron chi connectivity index (χ1n) is 23.2. The van der Waals surface area contributed by atoms with E-state index in [1.807, 2.05) is 33.7 Å². The molecule has 1 spiro atoms. The SMILES string of the molecule is O=C1CCC(Nc2ccc(N3CCC(O)(CC(=O)N4CC5(C4)CN(c4ccc(-c6cc(F)c7c(c6)C(=O)N(C(C(=O)Nc6ccccn6)c6ncn8c6CCC8)C7)cc4)C5)CC3)c(F)c2)C(=O)N1. The number of nitrogens with zero attached hydrogens (tertiary/aromatic N) is 7. The molecule has 0 aliphatic carbocycles. The molecule has 0 saturated carbocycles. The van der Waals surface area contributed by atoms with E-state index in [9.17, 15) is 29.1 Å². The van der Waals surface area contributed by atoms with Crippen LogP contribution in [-0.4, -0.2) is 110 Å². The Bertz CT molecular complexity index is 2850. The molecular weight excluding hydrogens is 875 g/mol. The molecule has 2 aromatic heterocycles. The summed E-state index contributed by atoms with van der Waals surface area (Å²) in [6.45, 7) is 4.16. The van der Waals surface area contributed by atoms with Gasteiger partial charge in [-0.3, -0.25) is 29.3 Å². The van der Waals surface area contributed by atoms with E-state index in [2.05, 4.69) is 30.8 Å². The van der Waals surface area contributed by atoms with Gasteiger partial charge in [0.25, 0.3) is 11.8 Å². The molecule has 350 valence electrons. The molecule has 0 radical (unpaired) electrons. The van der Waals surface area contributed by atoms with E-state index >= 15 is 8.78 Å². The third-order valence-corrected chi connectivity index (χ3v) is 14.6. The van der Waals surface area contributed by atoms with Crippen molar-refractivity contribution in [3.05, 3.63) is 119 Å². The maximum atomic E-state index is 16.0. The number of carbonyl (C=O) groups excluding carboxylic acids is 5. The fraction of sp³-hybridized carbons (Fsp3) is 0.380. The molecule has 2 unspecified atom stereocenters.